The Kier molecular flexibility index (Phi) is 6.09. The van der Waals surface area contributed by atoms with E-state index < -0.39 is 17.2 Å². The summed E-state index contributed by atoms with van der Waals surface area (Å²) in [5, 5.41) is 8.58. The van der Waals surface area contributed by atoms with E-state index in [1.54, 1.807) is 19.2 Å². The number of ether oxygens (including phenoxy) is 1. The number of carbonyl (C=O) groups is 2. The van der Waals surface area contributed by atoms with Gasteiger partial charge in [-0.2, -0.15) is 0 Å². The Labute approximate surface area is 126 Å². The molecule has 1 aromatic rings. The van der Waals surface area contributed by atoms with Crippen LogP contribution < -0.4 is 0 Å². The Bertz CT molecular complexity index is 558. The van der Waals surface area contributed by atoms with Crippen LogP contribution in [0.25, 0.3) is 0 Å². The highest BCUT2D eigenvalue weighted by molar-refractivity contribution is 8.00. The molecule has 1 atom stereocenters. The lowest BCUT2D eigenvalue weighted by molar-refractivity contribution is -0.138. The molecular weight excluding hydrogens is 298 g/mol. The predicted molar refractivity (Wildman–Crippen MR) is 82.9 cm³/mol. The summed E-state index contributed by atoms with van der Waals surface area (Å²) in [6.45, 7) is 1.73. The number of aliphatic imine (C=N–C) groups is 1. The third-order valence-corrected chi connectivity index (χ3v) is 3.97. The van der Waals surface area contributed by atoms with Crippen LogP contribution in [0.2, 0.25) is 0 Å². The molecule has 108 valence electrons. The maximum Gasteiger partial charge on any atom is 0.337 e. The molecule has 0 saturated heterocycles. The third-order valence-electron chi connectivity index (χ3n) is 2.66. The second-order valence-corrected chi connectivity index (χ2v) is 5.33. The summed E-state index contributed by atoms with van der Waals surface area (Å²) < 4.78 is 4.64. The highest BCUT2D eigenvalue weighted by atomic mass is 32.2. The highest BCUT2D eigenvalue weighted by Crippen LogP contribution is 2.29. The number of thiol groups is 1. The standard InChI is InChI=1S/C13H15NO4S2/c1-7-9(19)5-4-8(12(15)16)11(7)14-6-10(20-3)13(17)18-2/h4-6,10,19H,1-3H3,(H,15,16). The number of hydrogen-bond acceptors (Lipinski definition) is 6. The van der Waals surface area contributed by atoms with Crippen LogP contribution in [0.1, 0.15) is 15.9 Å². The van der Waals surface area contributed by atoms with E-state index in [2.05, 4.69) is 22.4 Å². The van der Waals surface area contributed by atoms with Crippen molar-refractivity contribution in [1.82, 2.24) is 0 Å². The zero-order valence-electron chi connectivity index (χ0n) is 11.3. The van der Waals surface area contributed by atoms with Gasteiger partial charge in [0.25, 0.3) is 0 Å². The molecule has 5 nitrogen and oxygen atoms in total. The van der Waals surface area contributed by atoms with Gasteiger partial charge in [-0.25, -0.2) is 4.79 Å². The van der Waals surface area contributed by atoms with Gasteiger partial charge in [0.1, 0.15) is 5.25 Å². The summed E-state index contributed by atoms with van der Waals surface area (Å²) in [5.41, 5.74) is 1.02. The van der Waals surface area contributed by atoms with Crippen molar-refractivity contribution in [3.05, 3.63) is 23.3 Å². The molecule has 1 N–H and O–H groups in total. The van der Waals surface area contributed by atoms with Crippen molar-refractivity contribution in [2.45, 2.75) is 17.1 Å². The Morgan fingerprint density at radius 2 is 2.15 bits per heavy atom. The summed E-state index contributed by atoms with van der Waals surface area (Å²) in [4.78, 5) is 27.5. The minimum Gasteiger partial charge on any atom is -0.478 e. The van der Waals surface area contributed by atoms with Crippen LogP contribution in [0, 0.1) is 6.92 Å². The molecule has 0 aliphatic carbocycles. The first-order valence-electron chi connectivity index (χ1n) is 5.63. The van der Waals surface area contributed by atoms with Gasteiger partial charge in [-0.05, 0) is 30.9 Å². The fraction of sp³-hybridized carbons (Fsp3) is 0.308. The number of thioether (sulfide) groups is 1. The van der Waals surface area contributed by atoms with Gasteiger partial charge in [-0.15, -0.1) is 24.4 Å². The minimum atomic E-state index is -1.08. The van der Waals surface area contributed by atoms with Crippen molar-refractivity contribution < 1.29 is 19.4 Å². The molecule has 1 aromatic carbocycles. The van der Waals surface area contributed by atoms with Gasteiger partial charge in [0.15, 0.2) is 0 Å². The number of nitrogens with zero attached hydrogens (tertiary/aromatic N) is 1. The highest BCUT2D eigenvalue weighted by Gasteiger charge is 2.17. The number of aromatic carboxylic acids is 1. The number of methoxy groups -OCH3 is 1. The first-order chi connectivity index (χ1) is 9.42. The summed E-state index contributed by atoms with van der Waals surface area (Å²) in [6, 6.07) is 3.05. The normalized spacial score (nSPS) is 12.4. The van der Waals surface area contributed by atoms with E-state index in [-0.39, 0.29) is 5.56 Å². The summed E-state index contributed by atoms with van der Waals surface area (Å²) in [6.07, 6.45) is 3.13. The lowest BCUT2D eigenvalue weighted by Crippen LogP contribution is -2.19. The van der Waals surface area contributed by atoms with E-state index in [0.717, 1.165) is 0 Å². The van der Waals surface area contributed by atoms with E-state index in [1.165, 1.54) is 31.2 Å². The Balaban J connectivity index is 3.22. The van der Waals surface area contributed by atoms with E-state index >= 15 is 0 Å². The molecule has 0 aliphatic heterocycles. The molecule has 20 heavy (non-hydrogen) atoms. The summed E-state index contributed by atoms with van der Waals surface area (Å²) in [5.74, 6) is -1.51. The van der Waals surface area contributed by atoms with Gasteiger partial charge < -0.3 is 9.84 Å². The van der Waals surface area contributed by atoms with Crippen molar-refractivity contribution >= 4 is 48.2 Å². The maximum atomic E-state index is 11.5. The average Bonchev–Trinajstić information content (AvgIpc) is 2.43. The summed E-state index contributed by atoms with van der Waals surface area (Å²) >= 11 is 5.50. The average molecular weight is 313 g/mol. The van der Waals surface area contributed by atoms with E-state index in [0.29, 0.717) is 16.1 Å². The fourth-order valence-electron chi connectivity index (χ4n) is 1.50. The SMILES string of the molecule is COC(=O)C(C=Nc1c(C(=O)O)ccc(S)c1C)SC. The van der Waals surface area contributed by atoms with Crippen molar-refractivity contribution in [3.63, 3.8) is 0 Å². The molecule has 0 radical (unpaired) electrons. The second-order valence-electron chi connectivity index (χ2n) is 3.87. The van der Waals surface area contributed by atoms with Gasteiger partial charge in [-0.1, -0.05) is 0 Å². The molecular formula is C13H15NO4S2. The topological polar surface area (TPSA) is 76.0 Å². The smallest absolute Gasteiger partial charge is 0.337 e. The molecule has 7 heteroatoms. The minimum absolute atomic E-state index is 0.0706. The zero-order chi connectivity index (χ0) is 15.3. The van der Waals surface area contributed by atoms with Gasteiger partial charge in [-0.3, -0.25) is 9.79 Å². The number of carboxylic acids is 1. The predicted octanol–water partition coefficient (Wildman–Crippen LogP) is 2.59. The number of hydrogen-bond donors (Lipinski definition) is 2. The molecule has 0 saturated carbocycles. The van der Waals surface area contributed by atoms with Crippen LogP contribution in [0.4, 0.5) is 5.69 Å². The van der Waals surface area contributed by atoms with Crippen LogP contribution in [0.3, 0.4) is 0 Å². The van der Waals surface area contributed by atoms with Gasteiger partial charge >= 0.3 is 11.9 Å². The number of benzene rings is 1. The van der Waals surface area contributed by atoms with E-state index in [1.807, 2.05) is 0 Å². The first-order valence-corrected chi connectivity index (χ1v) is 7.36. The van der Waals surface area contributed by atoms with Gasteiger partial charge in [0, 0.05) is 11.1 Å². The number of carboxylic acid groups (broad SMARTS) is 1. The van der Waals surface area contributed by atoms with Crippen LogP contribution in [0.5, 0.6) is 0 Å². The van der Waals surface area contributed by atoms with Crippen LogP contribution in [-0.2, 0) is 9.53 Å². The Morgan fingerprint density at radius 3 is 2.65 bits per heavy atom. The lowest BCUT2D eigenvalue weighted by Gasteiger charge is -2.09. The van der Waals surface area contributed by atoms with Crippen molar-refractivity contribution in [1.29, 1.82) is 0 Å². The van der Waals surface area contributed by atoms with Gasteiger partial charge in [0.05, 0.1) is 18.4 Å². The molecule has 0 spiro atoms. The number of esters is 1. The van der Waals surface area contributed by atoms with Gasteiger partial charge in [0.2, 0.25) is 0 Å². The number of carbonyl (C=O) groups excluding carboxylic acids is 1. The van der Waals surface area contributed by atoms with Crippen LogP contribution >= 0.6 is 24.4 Å². The molecule has 1 unspecified atom stereocenters. The molecule has 0 aromatic heterocycles. The van der Waals surface area contributed by atoms with Crippen LogP contribution in [-0.4, -0.2) is 41.9 Å². The monoisotopic (exact) mass is 313 g/mol. The Morgan fingerprint density at radius 1 is 1.50 bits per heavy atom. The molecule has 1 rings (SSSR count). The number of rotatable bonds is 5. The van der Waals surface area contributed by atoms with E-state index in [9.17, 15) is 9.59 Å². The summed E-state index contributed by atoms with van der Waals surface area (Å²) in [7, 11) is 1.29. The van der Waals surface area contributed by atoms with Crippen molar-refractivity contribution in [2.75, 3.05) is 13.4 Å². The zero-order valence-corrected chi connectivity index (χ0v) is 13.0. The molecule has 0 aliphatic rings. The fourth-order valence-corrected chi connectivity index (χ4v) is 2.16. The third kappa shape index (κ3) is 3.77. The quantitative estimate of drug-likeness (QED) is 0.496. The first kappa shape index (κ1) is 16.6. The van der Waals surface area contributed by atoms with Crippen molar-refractivity contribution in [2.24, 2.45) is 4.99 Å². The van der Waals surface area contributed by atoms with Crippen molar-refractivity contribution in [3.8, 4) is 0 Å². The second kappa shape index (κ2) is 7.35. The van der Waals surface area contributed by atoms with E-state index in [4.69, 9.17) is 5.11 Å². The molecule has 0 fully saturated rings. The van der Waals surface area contributed by atoms with Crippen LogP contribution in [0.15, 0.2) is 22.0 Å². The molecule has 0 bridgehead atoms. The maximum absolute atomic E-state index is 11.5. The molecule has 0 amide bonds. The Hall–Kier alpha value is -1.47. The lowest BCUT2D eigenvalue weighted by atomic mass is 10.1. The molecule has 0 heterocycles. The largest absolute Gasteiger partial charge is 0.478 e.